The molecule has 0 unspecified atom stereocenters. The standard InChI is InChI=1S/C23H26Cl3FN2O2S/c1-14(22(31)28-23(2,3)4)29(11-15-8-9-18(25)19(26)10-15)21(30)13-32-12-16-17(24)6-5-7-20(16)27/h5-10,14H,11-13H2,1-4H3,(H,28,31)/t14-/m1/s1. The van der Waals surface area contributed by atoms with Crippen LogP contribution < -0.4 is 5.32 Å². The Hall–Kier alpha value is -1.47. The van der Waals surface area contributed by atoms with Crippen LogP contribution in [0.2, 0.25) is 15.1 Å². The molecule has 0 aliphatic carbocycles. The molecule has 0 aromatic heterocycles. The van der Waals surface area contributed by atoms with Crippen molar-refractivity contribution in [1.29, 1.82) is 0 Å². The Bertz CT molecular complexity index is 962. The van der Waals surface area contributed by atoms with Crippen molar-refractivity contribution in [3.05, 3.63) is 68.4 Å². The Morgan fingerprint density at radius 3 is 2.38 bits per heavy atom. The number of halogens is 4. The Morgan fingerprint density at radius 1 is 1.09 bits per heavy atom. The second-order valence-electron chi connectivity index (χ2n) is 8.38. The van der Waals surface area contributed by atoms with E-state index in [4.69, 9.17) is 34.8 Å². The van der Waals surface area contributed by atoms with Crippen molar-refractivity contribution in [3.63, 3.8) is 0 Å². The molecule has 2 aromatic rings. The normalized spacial score (nSPS) is 12.4. The Kier molecular flexibility index (Phi) is 9.70. The van der Waals surface area contributed by atoms with Crippen LogP contribution in [0.15, 0.2) is 36.4 Å². The minimum absolute atomic E-state index is 0.0547. The zero-order valence-corrected chi connectivity index (χ0v) is 21.4. The minimum atomic E-state index is -0.728. The number of nitrogens with zero attached hydrogens (tertiary/aromatic N) is 1. The number of rotatable bonds is 8. The van der Waals surface area contributed by atoms with Crippen LogP contribution in [0.1, 0.15) is 38.8 Å². The van der Waals surface area contributed by atoms with E-state index in [1.54, 1.807) is 31.2 Å². The van der Waals surface area contributed by atoms with Crippen molar-refractivity contribution in [2.75, 3.05) is 5.75 Å². The van der Waals surface area contributed by atoms with E-state index in [2.05, 4.69) is 5.32 Å². The van der Waals surface area contributed by atoms with Gasteiger partial charge in [-0.2, -0.15) is 0 Å². The highest BCUT2D eigenvalue weighted by molar-refractivity contribution is 7.99. The van der Waals surface area contributed by atoms with Gasteiger partial charge in [0.1, 0.15) is 11.9 Å². The molecular formula is C23H26Cl3FN2O2S. The smallest absolute Gasteiger partial charge is 0.242 e. The summed E-state index contributed by atoms with van der Waals surface area (Å²) in [5.41, 5.74) is 0.645. The van der Waals surface area contributed by atoms with Gasteiger partial charge in [0.2, 0.25) is 11.8 Å². The third-order valence-corrected chi connectivity index (χ3v) is 6.57. The average molecular weight is 520 g/mol. The lowest BCUT2D eigenvalue weighted by Crippen LogP contribution is -2.52. The van der Waals surface area contributed by atoms with E-state index in [1.807, 2.05) is 20.8 Å². The largest absolute Gasteiger partial charge is 0.350 e. The van der Waals surface area contributed by atoms with Crippen LogP contribution in [0.3, 0.4) is 0 Å². The highest BCUT2D eigenvalue weighted by Crippen LogP contribution is 2.26. The van der Waals surface area contributed by atoms with E-state index in [0.717, 1.165) is 5.56 Å². The van der Waals surface area contributed by atoms with E-state index in [-0.39, 0.29) is 29.9 Å². The third-order valence-electron chi connectivity index (χ3n) is 4.54. The number of carbonyl (C=O) groups excluding carboxylic acids is 2. The van der Waals surface area contributed by atoms with Crippen molar-refractivity contribution in [3.8, 4) is 0 Å². The van der Waals surface area contributed by atoms with E-state index in [1.165, 1.54) is 28.8 Å². The fourth-order valence-corrected chi connectivity index (χ4v) is 4.45. The van der Waals surface area contributed by atoms with Gasteiger partial charge in [-0.25, -0.2) is 4.39 Å². The first-order valence-corrected chi connectivity index (χ1v) is 12.2. The highest BCUT2D eigenvalue weighted by atomic mass is 35.5. The van der Waals surface area contributed by atoms with Gasteiger partial charge in [-0.05, 0) is 57.5 Å². The lowest BCUT2D eigenvalue weighted by molar-refractivity contribution is -0.139. The molecule has 0 radical (unpaired) electrons. The number of benzene rings is 2. The summed E-state index contributed by atoms with van der Waals surface area (Å²) in [6, 6.07) is 8.83. The van der Waals surface area contributed by atoms with Crippen LogP contribution in [0.5, 0.6) is 0 Å². The summed E-state index contributed by atoms with van der Waals surface area (Å²) < 4.78 is 14.0. The lowest BCUT2D eigenvalue weighted by Gasteiger charge is -2.31. The number of nitrogens with one attached hydrogen (secondary N) is 1. The monoisotopic (exact) mass is 518 g/mol. The fourth-order valence-electron chi connectivity index (χ4n) is 2.88. The highest BCUT2D eigenvalue weighted by Gasteiger charge is 2.28. The Morgan fingerprint density at radius 2 is 1.78 bits per heavy atom. The van der Waals surface area contributed by atoms with Crippen molar-refractivity contribution < 1.29 is 14.0 Å². The van der Waals surface area contributed by atoms with Crippen LogP contribution in [0.25, 0.3) is 0 Å². The SMILES string of the molecule is C[C@H](C(=O)NC(C)(C)C)N(Cc1ccc(Cl)c(Cl)c1)C(=O)CSCc1c(F)cccc1Cl. The van der Waals surface area contributed by atoms with E-state index in [9.17, 15) is 14.0 Å². The molecule has 0 aliphatic rings. The van der Waals surface area contributed by atoms with Crippen molar-refractivity contribution in [1.82, 2.24) is 10.2 Å². The number of thioether (sulfide) groups is 1. The molecule has 4 nitrogen and oxygen atoms in total. The molecule has 2 aromatic carbocycles. The van der Waals surface area contributed by atoms with Crippen LogP contribution in [-0.2, 0) is 21.9 Å². The molecule has 9 heteroatoms. The van der Waals surface area contributed by atoms with Crippen molar-refractivity contribution in [2.24, 2.45) is 0 Å². The molecule has 0 bridgehead atoms. The third kappa shape index (κ3) is 7.84. The molecular weight excluding hydrogens is 494 g/mol. The minimum Gasteiger partial charge on any atom is -0.350 e. The quantitative estimate of drug-likeness (QED) is 0.442. The number of hydrogen-bond acceptors (Lipinski definition) is 3. The van der Waals surface area contributed by atoms with E-state index in [0.29, 0.717) is 20.6 Å². The first-order chi connectivity index (χ1) is 14.9. The number of amides is 2. The van der Waals surface area contributed by atoms with Gasteiger partial charge >= 0.3 is 0 Å². The maximum Gasteiger partial charge on any atom is 0.242 e. The first kappa shape index (κ1) is 26.8. The summed E-state index contributed by atoms with van der Waals surface area (Å²) in [6.45, 7) is 7.47. The molecule has 174 valence electrons. The lowest BCUT2D eigenvalue weighted by atomic mass is 10.1. The average Bonchev–Trinajstić information content (AvgIpc) is 2.69. The molecule has 1 atom stereocenters. The molecule has 1 N–H and O–H groups in total. The molecule has 0 heterocycles. The summed E-state index contributed by atoms with van der Waals surface area (Å²) in [5.74, 6) is -0.652. The molecule has 32 heavy (non-hydrogen) atoms. The van der Waals surface area contributed by atoms with Gasteiger partial charge < -0.3 is 10.2 Å². The van der Waals surface area contributed by atoms with Crippen LogP contribution in [-0.4, -0.2) is 34.0 Å². The Labute approximate surface area is 207 Å². The van der Waals surface area contributed by atoms with Gasteiger partial charge in [-0.15, -0.1) is 11.8 Å². The van der Waals surface area contributed by atoms with Crippen LogP contribution in [0, 0.1) is 5.82 Å². The van der Waals surface area contributed by atoms with Crippen LogP contribution >= 0.6 is 46.6 Å². The predicted octanol–water partition coefficient (Wildman–Crippen LogP) is 6.35. The topological polar surface area (TPSA) is 49.4 Å². The van der Waals surface area contributed by atoms with Crippen molar-refractivity contribution in [2.45, 2.75) is 51.6 Å². The summed E-state index contributed by atoms with van der Waals surface area (Å²) in [6.07, 6.45) is 0. The van der Waals surface area contributed by atoms with E-state index >= 15 is 0 Å². The molecule has 2 rings (SSSR count). The molecule has 0 saturated carbocycles. The van der Waals surface area contributed by atoms with Gasteiger partial charge in [0.15, 0.2) is 0 Å². The first-order valence-electron chi connectivity index (χ1n) is 9.95. The second kappa shape index (κ2) is 11.6. The summed E-state index contributed by atoms with van der Waals surface area (Å²) >= 11 is 19.4. The molecule has 0 saturated heterocycles. The van der Waals surface area contributed by atoms with Crippen LogP contribution in [0.4, 0.5) is 4.39 Å². The number of carbonyl (C=O) groups is 2. The van der Waals surface area contributed by atoms with Gasteiger partial charge in [-0.1, -0.05) is 46.9 Å². The summed E-state index contributed by atoms with van der Waals surface area (Å²) in [4.78, 5) is 27.4. The van der Waals surface area contributed by atoms with E-state index < -0.39 is 17.4 Å². The maximum atomic E-state index is 14.0. The van der Waals surface area contributed by atoms with Gasteiger partial charge in [0, 0.05) is 28.4 Å². The van der Waals surface area contributed by atoms with Crippen molar-refractivity contribution >= 4 is 58.4 Å². The van der Waals surface area contributed by atoms with Gasteiger partial charge in [-0.3, -0.25) is 9.59 Å². The fraction of sp³-hybridized carbons (Fsp3) is 0.391. The molecule has 0 aliphatic heterocycles. The summed E-state index contributed by atoms with van der Waals surface area (Å²) in [5, 5.41) is 3.99. The zero-order valence-electron chi connectivity index (χ0n) is 18.3. The predicted molar refractivity (Wildman–Crippen MR) is 132 cm³/mol. The molecule has 0 spiro atoms. The zero-order chi connectivity index (χ0) is 24.1. The summed E-state index contributed by atoms with van der Waals surface area (Å²) in [7, 11) is 0. The maximum absolute atomic E-state index is 14.0. The number of hydrogen-bond donors (Lipinski definition) is 1. The molecule has 0 fully saturated rings. The Balaban J connectivity index is 2.17. The molecule has 2 amide bonds. The van der Waals surface area contributed by atoms with Gasteiger partial charge in [0.05, 0.1) is 15.8 Å². The van der Waals surface area contributed by atoms with Gasteiger partial charge in [0.25, 0.3) is 0 Å². The second-order valence-corrected chi connectivity index (χ2v) is 10.6.